The molecule has 2 heterocycles. The highest BCUT2D eigenvalue weighted by molar-refractivity contribution is 5.90. The summed E-state index contributed by atoms with van der Waals surface area (Å²) in [7, 11) is 0. The number of anilines is 1. The third-order valence-corrected chi connectivity index (χ3v) is 3.66. The van der Waals surface area contributed by atoms with Gasteiger partial charge in [0, 0.05) is 30.6 Å². The van der Waals surface area contributed by atoms with Crippen molar-refractivity contribution in [2.24, 2.45) is 0 Å². The Morgan fingerprint density at radius 1 is 0.917 bits per heavy atom. The molecule has 0 radical (unpaired) electrons. The molecule has 0 aliphatic heterocycles. The summed E-state index contributed by atoms with van der Waals surface area (Å²) < 4.78 is 0. The molecule has 1 aromatic carbocycles. The first-order valence-corrected chi connectivity index (χ1v) is 7.85. The van der Waals surface area contributed by atoms with E-state index in [2.05, 4.69) is 44.5 Å². The molecule has 120 valence electrons. The van der Waals surface area contributed by atoms with E-state index in [1.807, 2.05) is 6.07 Å². The maximum atomic E-state index is 11.9. The average Bonchev–Trinajstić information content (AvgIpc) is 2.64. The second kappa shape index (κ2) is 7.97. The molecule has 3 rings (SSSR count). The highest BCUT2D eigenvalue weighted by Gasteiger charge is 2.03. The van der Waals surface area contributed by atoms with E-state index < -0.39 is 0 Å². The van der Waals surface area contributed by atoms with E-state index in [-0.39, 0.29) is 5.91 Å². The van der Waals surface area contributed by atoms with Crippen LogP contribution < -0.4 is 5.32 Å². The van der Waals surface area contributed by atoms with Crippen molar-refractivity contribution in [3.05, 3.63) is 73.1 Å². The molecule has 3 aromatic rings. The van der Waals surface area contributed by atoms with Crippen molar-refractivity contribution in [1.82, 2.24) is 15.0 Å². The molecule has 2 aromatic heterocycles. The highest BCUT2D eigenvalue weighted by Crippen LogP contribution is 2.18. The summed E-state index contributed by atoms with van der Waals surface area (Å²) in [6.07, 6.45) is 10.6. The van der Waals surface area contributed by atoms with Crippen LogP contribution in [0.25, 0.3) is 11.1 Å². The molecule has 5 heteroatoms. The number of carbonyl (C=O) groups is 1. The van der Waals surface area contributed by atoms with E-state index in [0.29, 0.717) is 6.42 Å². The Kier molecular flexibility index (Phi) is 5.24. The lowest BCUT2D eigenvalue weighted by molar-refractivity contribution is -0.116. The number of benzene rings is 1. The number of hydrogen-bond donors (Lipinski definition) is 1. The van der Waals surface area contributed by atoms with Crippen molar-refractivity contribution in [1.29, 1.82) is 0 Å². The van der Waals surface area contributed by atoms with Crippen LogP contribution in [0.4, 0.5) is 5.69 Å². The van der Waals surface area contributed by atoms with Crippen molar-refractivity contribution in [3.8, 4) is 11.1 Å². The van der Waals surface area contributed by atoms with Gasteiger partial charge in [0.1, 0.15) is 6.33 Å². The molecule has 0 fully saturated rings. The normalized spacial score (nSPS) is 10.3. The summed E-state index contributed by atoms with van der Waals surface area (Å²) in [5.41, 5.74) is 4.04. The van der Waals surface area contributed by atoms with Crippen molar-refractivity contribution in [3.63, 3.8) is 0 Å². The van der Waals surface area contributed by atoms with E-state index >= 15 is 0 Å². The van der Waals surface area contributed by atoms with Crippen molar-refractivity contribution >= 4 is 11.6 Å². The van der Waals surface area contributed by atoms with Crippen molar-refractivity contribution in [2.75, 3.05) is 5.32 Å². The fourth-order valence-corrected chi connectivity index (χ4v) is 2.43. The largest absolute Gasteiger partial charge is 0.325 e. The molecule has 0 bridgehead atoms. The lowest BCUT2D eigenvalue weighted by atomic mass is 10.0. The number of hydrogen-bond acceptors (Lipinski definition) is 4. The Hall–Kier alpha value is -3.08. The third kappa shape index (κ3) is 4.46. The molecule has 24 heavy (non-hydrogen) atoms. The van der Waals surface area contributed by atoms with Gasteiger partial charge in [0.15, 0.2) is 0 Å². The minimum Gasteiger partial charge on any atom is -0.325 e. The van der Waals surface area contributed by atoms with Gasteiger partial charge < -0.3 is 5.32 Å². The van der Waals surface area contributed by atoms with Gasteiger partial charge in [-0.05, 0) is 36.1 Å². The number of nitrogens with zero attached hydrogens (tertiary/aromatic N) is 3. The molecule has 0 unspecified atom stereocenters. The van der Waals surface area contributed by atoms with Crippen LogP contribution >= 0.6 is 0 Å². The van der Waals surface area contributed by atoms with Gasteiger partial charge in [0.05, 0.1) is 11.9 Å². The maximum absolute atomic E-state index is 11.9. The minimum atomic E-state index is 0.0149. The first kappa shape index (κ1) is 15.8. The molecule has 1 N–H and O–H groups in total. The lowest BCUT2D eigenvalue weighted by Gasteiger charge is -2.06. The van der Waals surface area contributed by atoms with Gasteiger partial charge in [0.25, 0.3) is 0 Å². The first-order chi connectivity index (χ1) is 11.8. The van der Waals surface area contributed by atoms with Crippen LogP contribution in [0.5, 0.6) is 0 Å². The van der Waals surface area contributed by atoms with Gasteiger partial charge in [-0.25, -0.2) is 9.97 Å². The Bertz CT molecular complexity index is 773. The van der Waals surface area contributed by atoms with Crippen molar-refractivity contribution < 1.29 is 4.79 Å². The Morgan fingerprint density at radius 2 is 1.71 bits per heavy atom. The van der Waals surface area contributed by atoms with E-state index in [0.717, 1.165) is 29.7 Å². The number of aromatic nitrogens is 3. The second-order valence-electron chi connectivity index (χ2n) is 5.47. The number of carbonyl (C=O) groups excluding carboxylic acids is 1. The molecule has 0 aliphatic rings. The van der Waals surface area contributed by atoms with Crippen LogP contribution in [0, 0.1) is 0 Å². The van der Waals surface area contributed by atoms with Crippen LogP contribution in [0.3, 0.4) is 0 Å². The van der Waals surface area contributed by atoms with Gasteiger partial charge in [-0.1, -0.05) is 24.3 Å². The minimum absolute atomic E-state index is 0.0149. The van der Waals surface area contributed by atoms with Crippen molar-refractivity contribution in [2.45, 2.75) is 19.3 Å². The summed E-state index contributed by atoms with van der Waals surface area (Å²) in [6, 6.07) is 11.9. The quantitative estimate of drug-likeness (QED) is 0.755. The van der Waals surface area contributed by atoms with Gasteiger partial charge in [-0.3, -0.25) is 9.78 Å². The number of aryl methyl sites for hydroxylation is 1. The Morgan fingerprint density at radius 3 is 2.42 bits per heavy atom. The number of nitrogens with one attached hydrogen (secondary N) is 1. The Labute approximate surface area is 140 Å². The van der Waals surface area contributed by atoms with Gasteiger partial charge in [-0.2, -0.15) is 0 Å². The predicted octanol–water partition coefficient (Wildman–Crippen LogP) is 3.50. The third-order valence-electron chi connectivity index (χ3n) is 3.66. The summed E-state index contributed by atoms with van der Waals surface area (Å²) >= 11 is 0. The van der Waals surface area contributed by atoms with Crippen LogP contribution in [0.1, 0.15) is 18.4 Å². The predicted molar refractivity (Wildman–Crippen MR) is 93.3 cm³/mol. The summed E-state index contributed by atoms with van der Waals surface area (Å²) in [5.74, 6) is 0.0149. The van der Waals surface area contributed by atoms with Gasteiger partial charge >= 0.3 is 0 Å². The molecule has 1 amide bonds. The lowest BCUT2D eigenvalue weighted by Crippen LogP contribution is -2.11. The zero-order valence-electron chi connectivity index (χ0n) is 13.2. The van der Waals surface area contributed by atoms with E-state index in [1.54, 1.807) is 30.9 Å². The molecular weight excluding hydrogens is 300 g/mol. The highest BCUT2D eigenvalue weighted by atomic mass is 16.1. The summed E-state index contributed by atoms with van der Waals surface area (Å²) in [6.45, 7) is 0. The van der Waals surface area contributed by atoms with Crippen LogP contribution in [0.2, 0.25) is 0 Å². The van der Waals surface area contributed by atoms with Gasteiger partial charge in [-0.15, -0.1) is 0 Å². The molecular formula is C19H18N4O. The Balaban J connectivity index is 1.48. The summed E-state index contributed by atoms with van der Waals surface area (Å²) in [4.78, 5) is 23.9. The molecule has 0 spiro atoms. The van der Waals surface area contributed by atoms with E-state index in [1.165, 1.54) is 11.9 Å². The summed E-state index contributed by atoms with van der Waals surface area (Å²) in [5, 5.41) is 2.84. The van der Waals surface area contributed by atoms with E-state index in [9.17, 15) is 4.79 Å². The SMILES string of the molecule is O=C(CCCc1ccc(-c2cncnc2)cc1)Nc1cccnc1. The monoisotopic (exact) mass is 318 g/mol. The van der Waals surface area contributed by atoms with Crippen LogP contribution in [-0.2, 0) is 11.2 Å². The van der Waals surface area contributed by atoms with Crippen LogP contribution in [-0.4, -0.2) is 20.9 Å². The van der Waals surface area contributed by atoms with Gasteiger partial charge in [0.2, 0.25) is 5.91 Å². The zero-order chi connectivity index (χ0) is 16.6. The fourth-order valence-electron chi connectivity index (χ4n) is 2.43. The van der Waals surface area contributed by atoms with E-state index in [4.69, 9.17) is 0 Å². The second-order valence-corrected chi connectivity index (χ2v) is 5.47. The topological polar surface area (TPSA) is 67.8 Å². The first-order valence-electron chi connectivity index (χ1n) is 7.85. The number of amides is 1. The maximum Gasteiger partial charge on any atom is 0.224 e. The average molecular weight is 318 g/mol. The molecule has 5 nitrogen and oxygen atoms in total. The fraction of sp³-hybridized carbons (Fsp3) is 0.158. The molecule has 0 atom stereocenters. The zero-order valence-corrected chi connectivity index (χ0v) is 13.2. The molecule has 0 saturated heterocycles. The smallest absolute Gasteiger partial charge is 0.224 e. The molecule has 0 saturated carbocycles. The number of rotatable bonds is 6. The standard InChI is InChI=1S/C19H18N4O/c24-19(23-18-4-2-10-20-13-18)5-1-3-15-6-8-16(9-7-15)17-11-21-14-22-12-17/h2,4,6-14H,1,3,5H2,(H,23,24). The number of pyridine rings is 1. The molecule has 0 aliphatic carbocycles. The van der Waals surface area contributed by atoms with Crippen LogP contribution in [0.15, 0.2) is 67.5 Å².